The normalized spacial score (nSPS) is 15.7. The molecule has 0 bridgehead atoms. The van der Waals surface area contributed by atoms with E-state index in [1.807, 2.05) is 19.1 Å². The molecule has 172 valence electrons. The number of fused-ring (bicyclic) bond motifs is 1. The van der Waals surface area contributed by atoms with Crippen LogP contribution in [0.4, 0.5) is 5.69 Å². The highest BCUT2D eigenvalue weighted by molar-refractivity contribution is 5.89. The van der Waals surface area contributed by atoms with E-state index in [2.05, 4.69) is 39.3 Å². The van der Waals surface area contributed by atoms with Gasteiger partial charge in [0, 0.05) is 52.1 Å². The smallest absolute Gasteiger partial charge is 0.158 e. The molecule has 0 amide bonds. The fourth-order valence-corrected chi connectivity index (χ4v) is 4.32. The number of rotatable bonds is 13. The molecule has 1 fully saturated rings. The lowest BCUT2D eigenvalue weighted by Gasteiger charge is -2.35. The fourth-order valence-electron chi connectivity index (χ4n) is 4.32. The molecule has 7 nitrogen and oxygen atoms in total. The minimum atomic E-state index is 0.417. The van der Waals surface area contributed by atoms with Crippen LogP contribution in [0.1, 0.15) is 57.9 Å². The van der Waals surface area contributed by atoms with Crippen molar-refractivity contribution in [1.82, 2.24) is 20.1 Å². The highest BCUT2D eigenvalue weighted by atomic mass is 16.6. The van der Waals surface area contributed by atoms with Crippen molar-refractivity contribution in [3.63, 3.8) is 0 Å². The second-order valence-electron chi connectivity index (χ2n) is 9.31. The molecule has 3 rings (SSSR count). The van der Waals surface area contributed by atoms with Crippen LogP contribution in [0.5, 0.6) is 0 Å². The minimum Gasteiger partial charge on any atom is -0.383 e. The SMILES string of the molecule is Cc1ccc(NCCCCCC(=O)CCCN2CCN(CC(C)C)CC2)c2nonc12. The summed E-state index contributed by atoms with van der Waals surface area (Å²) < 4.78 is 4.86. The molecule has 2 heterocycles. The maximum atomic E-state index is 12.2. The van der Waals surface area contributed by atoms with E-state index < -0.39 is 0 Å². The summed E-state index contributed by atoms with van der Waals surface area (Å²) in [5.41, 5.74) is 3.63. The summed E-state index contributed by atoms with van der Waals surface area (Å²) in [7, 11) is 0. The number of benzene rings is 1. The van der Waals surface area contributed by atoms with Gasteiger partial charge in [-0.3, -0.25) is 4.79 Å². The van der Waals surface area contributed by atoms with Gasteiger partial charge in [0.25, 0.3) is 0 Å². The molecule has 1 N–H and O–H groups in total. The number of unbranched alkanes of at least 4 members (excludes halogenated alkanes) is 2. The van der Waals surface area contributed by atoms with Crippen molar-refractivity contribution < 1.29 is 9.42 Å². The van der Waals surface area contributed by atoms with Crippen molar-refractivity contribution in [1.29, 1.82) is 0 Å². The molecule has 1 aliphatic heterocycles. The number of carbonyl (C=O) groups is 1. The summed E-state index contributed by atoms with van der Waals surface area (Å²) in [5, 5.41) is 11.4. The van der Waals surface area contributed by atoms with Crippen LogP contribution < -0.4 is 5.32 Å². The molecule has 0 unspecified atom stereocenters. The summed E-state index contributed by atoms with van der Waals surface area (Å²) in [6, 6.07) is 4.05. The van der Waals surface area contributed by atoms with Crippen LogP contribution in [0, 0.1) is 12.8 Å². The molecule has 1 aromatic carbocycles. The highest BCUT2D eigenvalue weighted by Crippen LogP contribution is 2.23. The number of hydrogen-bond donors (Lipinski definition) is 1. The Hall–Kier alpha value is -1.99. The first kappa shape index (κ1) is 23.7. The zero-order valence-electron chi connectivity index (χ0n) is 19.5. The Morgan fingerprint density at radius 3 is 2.48 bits per heavy atom. The fraction of sp³-hybridized carbons (Fsp3) is 0.708. The third kappa shape index (κ3) is 7.58. The molecule has 7 heteroatoms. The molecule has 0 atom stereocenters. The van der Waals surface area contributed by atoms with Crippen molar-refractivity contribution in [2.45, 2.75) is 59.3 Å². The number of carbonyl (C=O) groups excluding carboxylic acids is 1. The van der Waals surface area contributed by atoms with E-state index in [0.29, 0.717) is 12.2 Å². The quantitative estimate of drug-likeness (QED) is 0.480. The summed E-state index contributed by atoms with van der Waals surface area (Å²) in [4.78, 5) is 17.3. The predicted octanol–water partition coefficient (Wildman–Crippen LogP) is 4.13. The van der Waals surface area contributed by atoms with Gasteiger partial charge in [0.05, 0.1) is 5.69 Å². The maximum absolute atomic E-state index is 12.2. The second-order valence-corrected chi connectivity index (χ2v) is 9.31. The zero-order chi connectivity index (χ0) is 22.1. The Kier molecular flexibility index (Phi) is 9.28. The van der Waals surface area contributed by atoms with Crippen LogP contribution in [0.15, 0.2) is 16.8 Å². The highest BCUT2D eigenvalue weighted by Gasteiger charge is 2.17. The van der Waals surface area contributed by atoms with Gasteiger partial charge in [-0.05, 0) is 60.6 Å². The number of Topliss-reactive ketones (excluding diaryl/α,β-unsaturated/α-hetero) is 1. The average molecular weight is 430 g/mol. The Bertz CT molecular complexity index is 811. The lowest BCUT2D eigenvalue weighted by atomic mass is 10.1. The van der Waals surface area contributed by atoms with Gasteiger partial charge in [-0.15, -0.1) is 0 Å². The van der Waals surface area contributed by atoms with E-state index in [-0.39, 0.29) is 0 Å². The first-order valence-corrected chi connectivity index (χ1v) is 11.9. The molecule has 0 radical (unpaired) electrons. The summed E-state index contributed by atoms with van der Waals surface area (Å²) in [6.07, 6.45) is 5.51. The number of aryl methyl sites for hydroxylation is 1. The van der Waals surface area contributed by atoms with E-state index in [4.69, 9.17) is 4.63 Å². The number of piperazine rings is 1. The lowest BCUT2D eigenvalue weighted by Crippen LogP contribution is -2.47. The minimum absolute atomic E-state index is 0.417. The van der Waals surface area contributed by atoms with Crippen LogP contribution in [0.3, 0.4) is 0 Å². The monoisotopic (exact) mass is 429 g/mol. The Morgan fingerprint density at radius 1 is 1.00 bits per heavy atom. The van der Waals surface area contributed by atoms with E-state index in [9.17, 15) is 4.79 Å². The molecule has 0 spiro atoms. The van der Waals surface area contributed by atoms with E-state index in [0.717, 1.165) is 86.5 Å². The third-order valence-electron chi connectivity index (χ3n) is 6.08. The van der Waals surface area contributed by atoms with E-state index >= 15 is 0 Å². The summed E-state index contributed by atoms with van der Waals surface area (Å²) in [5.74, 6) is 1.16. The molecule has 1 aliphatic rings. The van der Waals surface area contributed by atoms with Crippen LogP contribution >= 0.6 is 0 Å². The Morgan fingerprint density at radius 2 is 1.71 bits per heavy atom. The van der Waals surface area contributed by atoms with E-state index in [1.54, 1.807) is 0 Å². The van der Waals surface area contributed by atoms with Crippen molar-refractivity contribution in [3.05, 3.63) is 17.7 Å². The van der Waals surface area contributed by atoms with Gasteiger partial charge >= 0.3 is 0 Å². The Labute approximate surface area is 186 Å². The molecule has 1 saturated heterocycles. The van der Waals surface area contributed by atoms with Crippen molar-refractivity contribution in [2.75, 3.05) is 51.1 Å². The van der Waals surface area contributed by atoms with Gasteiger partial charge in [0.1, 0.15) is 11.3 Å². The maximum Gasteiger partial charge on any atom is 0.158 e. The largest absolute Gasteiger partial charge is 0.383 e. The summed E-state index contributed by atoms with van der Waals surface area (Å²) >= 11 is 0. The molecule has 0 aliphatic carbocycles. The summed E-state index contributed by atoms with van der Waals surface area (Å²) in [6.45, 7) is 14.3. The molecular weight excluding hydrogens is 390 g/mol. The molecule has 31 heavy (non-hydrogen) atoms. The number of aromatic nitrogens is 2. The number of nitrogens with zero attached hydrogens (tertiary/aromatic N) is 4. The lowest BCUT2D eigenvalue weighted by molar-refractivity contribution is -0.119. The van der Waals surface area contributed by atoms with Gasteiger partial charge in [-0.1, -0.05) is 26.3 Å². The van der Waals surface area contributed by atoms with Crippen molar-refractivity contribution in [2.24, 2.45) is 5.92 Å². The standard InChI is InChI=1S/C24H39N5O2/c1-19(2)18-29-16-14-28(15-17-29)13-7-9-21(30)8-5-4-6-12-25-22-11-10-20(3)23-24(22)27-31-26-23/h10-11,19,25H,4-9,12-18H2,1-3H3. The molecular formula is C24H39N5O2. The predicted molar refractivity (Wildman–Crippen MR) is 125 cm³/mol. The number of ketones is 1. The van der Waals surface area contributed by atoms with Crippen LogP contribution in [0.2, 0.25) is 0 Å². The first-order valence-electron chi connectivity index (χ1n) is 11.9. The molecule has 2 aromatic rings. The van der Waals surface area contributed by atoms with Crippen LogP contribution in [-0.4, -0.2) is 71.7 Å². The third-order valence-corrected chi connectivity index (χ3v) is 6.08. The second kappa shape index (κ2) is 12.2. The van der Waals surface area contributed by atoms with Gasteiger partial charge in [-0.25, -0.2) is 4.63 Å². The van der Waals surface area contributed by atoms with Crippen LogP contribution in [-0.2, 0) is 4.79 Å². The van der Waals surface area contributed by atoms with Gasteiger partial charge in [0.15, 0.2) is 5.52 Å². The average Bonchev–Trinajstić information content (AvgIpc) is 3.24. The van der Waals surface area contributed by atoms with Crippen LogP contribution in [0.25, 0.3) is 11.0 Å². The topological polar surface area (TPSA) is 74.5 Å². The van der Waals surface area contributed by atoms with Gasteiger partial charge < -0.3 is 15.1 Å². The number of hydrogen-bond acceptors (Lipinski definition) is 7. The molecule has 0 saturated carbocycles. The van der Waals surface area contributed by atoms with Gasteiger partial charge in [0.2, 0.25) is 0 Å². The number of nitrogens with one attached hydrogen (secondary N) is 1. The van der Waals surface area contributed by atoms with Crippen molar-refractivity contribution >= 4 is 22.5 Å². The first-order chi connectivity index (χ1) is 15.0. The Balaban J connectivity index is 1.20. The van der Waals surface area contributed by atoms with Gasteiger partial charge in [-0.2, -0.15) is 0 Å². The number of anilines is 1. The zero-order valence-corrected chi connectivity index (χ0v) is 19.5. The van der Waals surface area contributed by atoms with Crippen molar-refractivity contribution in [3.8, 4) is 0 Å². The van der Waals surface area contributed by atoms with E-state index in [1.165, 1.54) is 19.6 Å². The molecule has 1 aromatic heterocycles.